The fourth-order valence-electron chi connectivity index (χ4n) is 3.35. The number of carbonyl (C=O) groups excluding carboxylic acids is 1. The van der Waals surface area contributed by atoms with Crippen molar-refractivity contribution in [2.75, 3.05) is 0 Å². The molecule has 1 aliphatic carbocycles. The summed E-state index contributed by atoms with van der Waals surface area (Å²) in [4.78, 5) is 11.7. The molecule has 2 rings (SSSR count). The van der Waals surface area contributed by atoms with Gasteiger partial charge in [0.25, 0.3) is 0 Å². The normalized spacial score (nSPS) is 41.8. The van der Waals surface area contributed by atoms with E-state index in [0.717, 1.165) is 25.7 Å². The van der Waals surface area contributed by atoms with Crippen LogP contribution in [0.4, 0.5) is 0 Å². The molecule has 20 heavy (non-hydrogen) atoms. The van der Waals surface area contributed by atoms with Crippen molar-refractivity contribution < 1.29 is 19.7 Å². The lowest BCUT2D eigenvalue weighted by atomic mass is 9.88. The van der Waals surface area contributed by atoms with E-state index >= 15 is 0 Å². The fraction of sp³-hybridized carbons (Fsp3) is 0.812. The van der Waals surface area contributed by atoms with Crippen LogP contribution in [0.25, 0.3) is 0 Å². The first-order valence-corrected chi connectivity index (χ1v) is 7.78. The maximum atomic E-state index is 11.7. The number of aliphatic hydroxyl groups excluding tert-OH is 2. The summed E-state index contributed by atoms with van der Waals surface area (Å²) in [7, 11) is 0. The van der Waals surface area contributed by atoms with Gasteiger partial charge in [-0.3, -0.25) is 4.79 Å². The number of ether oxygens (including phenoxy) is 1. The summed E-state index contributed by atoms with van der Waals surface area (Å²) in [5.74, 6) is 0.0697. The molecule has 2 aliphatic rings. The largest absolute Gasteiger partial charge is 0.463 e. The summed E-state index contributed by atoms with van der Waals surface area (Å²) in [5, 5.41) is 20.1. The predicted octanol–water partition coefficient (Wildman–Crippen LogP) is 2.19. The predicted molar refractivity (Wildman–Crippen MR) is 76.0 cm³/mol. The highest BCUT2D eigenvalue weighted by atomic mass is 16.5. The molecule has 5 atom stereocenters. The molecule has 4 nitrogen and oxygen atoms in total. The van der Waals surface area contributed by atoms with Crippen molar-refractivity contribution in [3.63, 3.8) is 0 Å². The average molecular weight is 282 g/mol. The van der Waals surface area contributed by atoms with Crippen LogP contribution in [0.5, 0.6) is 0 Å². The van der Waals surface area contributed by atoms with Crippen molar-refractivity contribution in [1.29, 1.82) is 0 Å². The molecule has 0 aromatic carbocycles. The molecule has 114 valence electrons. The van der Waals surface area contributed by atoms with Gasteiger partial charge in [-0.15, -0.1) is 0 Å². The molecule has 0 spiro atoms. The molecule has 4 heteroatoms. The molecule has 1 saturated carbocycles. The standard InChI is InChI=1S/C16H26O4/c1-11-5-3-2-4-6-12-9-13(17)10-14(12)15(18)7-8-16(19)20-11/h4,6,11-15,17-18H,2-3,5,7-10H2,1H3/b6-4+/t11-,12+,13-,14+,15+/m0/s1. The maximum absolute atomic E-state index is 11.7. The number of fused-ring (bicyclic) bond motifs is 1. The molecule has 0 radical (unpaired) electrons. The maximum Gasteiger partial charge on any atom is 0.306 e. The summed E-state index contributed by atoms with van der Waals surface area (Å²) >= 11 is 0. The van der Waals surface area contributed by atoms with Crippen molar-refractivity contribution in [2.24, 2.45) is 11.8 Å². The highest BCUT2D eigenvalue weighted by Gasteiger charge is 2.36. The van der Waals surface area contributed by atoms with E-state index in [0.29, 0.717) is 12.8 Å². The zero-order valence-corrected chi connectivity index (χ0v) is 12.2. The first-order valence-electron chi connectivity index (χ1n) is 7.78. The van der Waals surface area contributed by atoms with Crippen LogP contribution in [0, 0.1) is 11.8 Å². The summed E-state index contributed by atoms with van der Waals surface area (Å²) < 4.78 is 5.32. The van der Waals surface area contributed by atoms with Crippen molar-refractivity contribution in [3.8, 4) is 0 Å². The van der Waals surface area contributed by atoms with E-state index in [4.69, 9.17) is 4.74 Å². The van der Waals surface area contributed by atoms with Gasteiger partial charge in [0.15, 0.2) is 0 Å². The molecular weight excluding hydrogens is 256 g/mol. The van der Waals surface area contributed by atoms with Crippen LogP contribution in [0.15, 0.2) is 12.2 Å². The molecule has 1 fully saturated rings. The second-order valence-corrected chi connectivity index (χ2v) is 6.22. The molecule has 0 amide bonds. The Bertz CT molecular complexity index is 352. The molecule has 0 bridgehead atoms. The number of carbonyl (C=O) groups is 1. The van der Waals surface area contributed by atoms with Crippen LogP contribution in [0.1, 0.15) is 51.9 Å². The van der Waals surface area contributed by atoms with E-state index in [-0.39, 0.29) is 36.4 Å². The van der Waals surface area contributed by atoms with Gasteiger partial charge in [0, 0.05) is 6.42 Å². The second kappa shape index (κ2) is 7.23. The van der Waals surface area contributed by atoms with Crippen molar-refractivity contribution in [1.82, 2.24) is 0 Å². The zero-order chi connectivity index (χ0) is 14.5. The third-order valence-electron chi connectivity index (χ3n) is 4.47. The Morgan fingerprint density at radius 3 is 2.85 bits per heavy atom. The Hall–Kier alpha value is -0.870. The Kier molecular flexibility index (Phi) is 5.61. The van der Waals surface area contributed by atoms with Gasteiger partial charge in [0.05, 0.1) is 18.3 Å². The summed E-state index contributed by atoms with van der Waals surface area (Å²) in [6.07, 6.45) is 8.23. The minimum absolute atomic E-state index is 0.0462. The topological polar surface area (TPSA) is 66.8 Å². The van der Waals surface area contributed by atoms with Crippen LogP contribution in [-0.4, -0.2) is 34.5 Å². The number of hydrogen-bond donors (Lipinski definition) is 2. The van der Waals surface area contributed by atoms with Gasteiger partial charge >= 0.3 is 5.97 Å². The first kappa shape index (κ1) is 15.5. The number of cyclic esters (lactones) is 1. The fourth-order valence-corrected chi connectivity index (χ4v) is 3.35. The lowest BCUT2D eigenvalue weighted by molar-refractivity contribution is -0.149. The number of esters is 1. The Morgan fingerprint density at radius 1 is 1.25 bits per heavy atom. The van der Waals surface area contributed by atoms with Gasteiger partial charge in [0.1, 0.15) is 0 Å². The summed E-state index contributed by atoms with van der Waals surface area (Å²) in [5.41, 5.74) is 0. The van der Waals surface area contributed by atoms with E-state index in [9.17, 15) is 15.0 Å². The second-order valence-electron chi connectivity index (χ2n) is 6.22. The molecule has 2 N–H and O–H groups in total. The van der Waals surface area contributed by atoms with Crippen LogP contribution in [0.2, 0.25) is 0 Å². The van der Waals surface area contributed by atoms with E-state index in [2.05, 4.69) is 12.2 Å². The average Bonchev–Trinajstić information content (AvgIpc) is 2.76. The third-order valence-corrected chi connectivity index (χ3v) is 4.47. The molecule has 1 heterocycles. The number of hydrogen-bond acceptors (Lipinski definition) is 4. The quantitative estimate of drug-likeness (QED) is 0.528. The van der Waals surface area contributed by atoms with Crippen LogP contribution in [0.3, 0.4) is 0 Å². The van der Waals surface area contributed by atoms with Gasteiger partial charge in [-0.2, -0.15) is 0 Å². The summed E-state index contributed by atoms with van der Waals surface area (Å²) in [6.45, 7) is 1.92. The van der Waals surface area contributed by atoms with Gasteiger partial charge in [-0.05, 0) is 57.3 Å². The molecule has 0 unspecified atom stereocenters. The van der Waals surface area contributed by atoms with E-state index < -0.39 is 6.10 Å². The lowest BCUT2D eigenvalue weighted by Crippen LogP contribution is -2.25. The Morgan fingerprint density at radius 2 is 2.05 bits per heavy atom. The monoisotopic (exact) mass is 282 g/mol. The van der Waals surface area contributed by atoms with Crippen molar-refractivity contribution >= 4 is 5.97 Å². The SMILES string of the molecule is C[C@H]1CCC/C=C/[C@@H]2C[C@H](O)C[C@H]2[C@H](O)CCC(=O)O1. The third kappa shape index (κ3) is 4.32. The Balaban J connectivity index is 2.03. The van der Waals surface area contributed by atoms with E-state index in [1.807, 2.05) is 6.92 Å². The van der Waals surface area contributed by atoms with Crippen molar-refractivity contribution in [3.05, 3.63) is 12.2 Å². The highest BCUT2D eigenvalue weighted by Crippen LogP contribution is 2.37. The van der Waals surface area contributed by atoms with E-state index in [1.165, 1.54) is 0 Å². The molecule has 0 aromatic rings. The van der Waals surface area contributed by atoms with Crippen LogP contribution < -0.4 is 0 Å². The van der Waals surface area contributed by atoms with Gasteiger partial charge in [-0.1, -0.05) is 12.2 Å². The molecule has 0 aromatic heterocycles. The number of rotatable bonds is 0. The lowest BCUT2D eigenvalue weighted by Gasteiger charge is -2.22. The van der Waals surface area contributed by atoms with Crippen LogP contribution >= 0.6 is 0 Å². The minimum atomic E-state index is -0.537. The smallest absolute Gasteiger partial charge is 0.306 e. The zero-order valence-electron chi connectivity index (χ0n) is 12.2. The number of allylic oxidation sites excluding steroid dienone is 2. The summed E-state index contributed by atoms with van der Waals surface area (Å²) in [6, 6.07) is 0. The van der Waals surface area contributed by atoms with Crippen LogP contribution in [-0.2, 0) is 9.53 Å². The van der Waals surface area contributed by atoms with Gasteiger partial charge < -0.3 is 14.9 Å². The minimum Gasteiger partial charge on any atom is -0.463 e. The molecule has 0 saturated heterocycles. The van der Waals surface area contributed by atoms with Gasteiger partial charge in [-0.25, -0.2) is 0 Å². The first-order chi connectivity index (χ1) is 9.56. The van der Waals surface area contributed by atoms with Gasteiger partial charge in [0.2, 0.25) is 0 Å². The van der Waals surface area contributed by atoms with E-state index in [1.54, 1.807) is 0 Å². The van der Waals surface area contributed by atoms with Crippen molar-refractivity contribution in [2.45, 2.75) is 70.2 Å². The molecule has 1 aliphatic heterocycles. The number of aliphatic hydroxyl groups is 2. The molecular formula is C16H26O4. The highest BCUT2D eigenvalue weighted by molar-refractivity contribution is 5.69. The Labute approximate surface area is 120 Å².